The Morgan fingerprint density at radius 1 is 1.16 bits per heavy atom. The standard InChI is InChI=1S/C17H19ClN2O4S/c1-11-10-13(18)4-9-16(11)20-25(22,23)15-7-5-14(6-8-15)24-12(2)17(21)19-3/h4-10,12,20H,1-3H3,(H,19,21)/t12-/m1/s1. The number of hydrogen-bond acceptors (Lipinski definition) is 4. The molecule has 0 bridgehead atoms. The van der Waals surface area contributed by atoms with Gasteiger partial charge in [-0.2, -0.15) is 0 Å². The molecule has 1 amide bonds. The molecule has 1 atom stereocenters. The monoisotopic (exact) mass is 382 g/mol. The summed E-state index contributed by atoms with van der Waals surface area (Å²) in [5.41, 5.74) is 1.17. The van der Waals surface area contributed by atoms with Crippen LogP contribution in [0.5, 0.6) is 5.75 Å². The summed E-state index contributed by atoms with van der Waals surface area (Å²) < 4.78 is 32.9. The fourth-order valence-electron chi connectivity index (χ4n) is 2.10. The highest BCUT2D eigenvalue weighted by Crippen LogP contribution is 2.24. The number of anilines is 1. The van der Waals surface area contributed by atoms with Gasteiger partial charge in [-0.25, -0.2) is 8.42 Å². The first kappa shape index (κ1) is 19.1. The van der Waals surface area contributed by atoms with E-state index in [-0.39, 0.29) is 10.8 Å². The lowest BCUT2D eigenvalue weighted by atomic mass is 10.2. The zero-order chi connectivity index (χ0) is 18.6. The van der Waals surface area contributed by atoms with E-state index in [1.54, 1.807) is 32.0 Å². The third-order valence-corrected chi connectivity index (χ3v) is 5.11. The van der Waals surface area contributed by atoms with E-state index in [1.807, 2.05) is 0 Å². The van der Waals surface area contributed by atoms with Gasteiger partial charge in [0.15, 0.2) is 6.10 Å². The van der Waals surface area contributed by atoms with Crippen molar-refractivity contribution in [2.24, 2.45) is 0 Å². The number of hydrogen-bond donors (Lipinski definition) is 2. The molecule has 0 unspecified atom stereocenters. The number of carbonyl (C=O) groups is 1. The average molecular weight is 383 g/mol. The number of ether oxygens (including phenoxy) is 1. The Labute approximate surface area is 152 Å². The van der Waals surface area contributed by atoms with Crippen LogP contribution in [0.3, 0.4) is 0 Å². The first-order valence-corrected chi connectivity index (χ1v) is 9.36. The van der Waals surface area contributed by atoms with E-state index in [2.05, 4.69) is 10.0 Å². The van der Waals surface area contributed by atoms with Crippen molar-refractivity contribution in [2.75, 3.05) is 11.8 Å². The highest BCUT2D eigenvalue weighted by atomic mass is 35.5. The molecular formula is C17H19ClN2O4S. The predicted molar refractivity (Wildman–Crippen MR) is 97.6 cm³/mol. The molecule has 0 saturated heterocycles. The topological polar surface area (TPSA) is 84.5 Å². The molecule has 0 spiro atoms. The summed E-state index contributed by atoms with van der Waals surface area (Å²) in [6, 6.07) is 10.7. The molecule has 0 radical (unpaired) electrons. The maximum Gasteiger partial charge on any atom is 0.261 e. The Morgan fingerprint density at radius 3 is 2.36 bits per heavy atom. The SMILES string of the molecule is CNC(=O)[C@@H](C)Oc1ccc(S(=O)(=O)Nc2ccc(Cl)cc2C)cc1. The number of sulfonamides is 1. The predicted octanol–water partition coefficient (Wildman–Crippen LogP) is 2.96. The fraction of sp³-hybridized carbons (Fsp3) is 0.235. The normalized spacial score (nSPS) is 12.3. The molecule has 0 heterocycles. The lowest BCUT2D eigenvalue weighted by Gasteiger charge is -2.14. The van der Waals surface area contributed by atoms with Crippen molar-refractivity contribution in [3.63, 3.8) is 0 Å². The van der Waals surface area contributed by atoms with Crippen LogP contribution in [0.15, 0.2) is 47.4 Å². The third kappa shape index (κ3) is 4.87. The second-order valence-corrected chi connectivity index (χ2v) is 7.53. The summed E-state index contributed by atoms with van der Waals surface area (Å²) in [7, 11) is -2.23. The number of benzene rings is 2. The van der Waals surface area contributed by atoms with Crippen LogP contribution in [0.25, 0.3) is 0 Å². The minimum Gasteiger partial charge on any atom is -0.481 e. The largest absolute Gasteiger partial charge is 0.481 e. The summed E-state index contributed by atoms with van der Waals surface area (Å²) >= 11 is 5.88. The molecule has 2 rings (SSSR count). The van der Waals surface area contributed by atoms with Gasteiger partial charge in [0.2, 0.25) is 0 Å². The van der Waals surface area contributed by atoms with E-state index < -0.39 is 16.1 Å². The molecular weight excluding hydrogens is 364 g/mol. The molecule has 2 aromatic rings. The maximum atomic E-state index is 12.5. The third-order valence-electron chi connectivity index (χ3n) is 3.50. The van der Waals surface area contributed by atoms with E-state index >= 15 is 0 Å². The molecule has 0 aliphatic carbocycles. The van der Waals surface area contributed by atoms with E-state index in [1.165, 1.54) is 31.3 Å². The van der Waals surface area contributed by atoms with Gasteiger partial charge in [0.25, 0.3) is 15.9 Å². The van der Waals surface area contributed by atoms with E-state index in [0.29, 0.717) is 16.5 Å². The molecule has 6 nitrogen and oxygen atoms in total. The Morgan fingerprint density at radius 2 is 1.80 bits per heavy atom. The minimum atomic E-state index is -3.74. The van der Waals surface area contributed by atoms with Crippen molar-refractivity contribution >= 4 is 33.2 Å². The molecule has 0 aromatic heterocycles. The summed E-state index contributed by atoms with van der Waals surface area (Å²) in [6.45, 7) is 3.37. The van der Waals surface area contributed by atoms with E-state index in [9.17, 15) is 13.2 Å². The summed E-state index contributed by atoms with van der Waals surface area (Å²) in [5.74, 6) is 0.134. The molecule has 2 aromatic carbocycles. The summed E-state index contributed by atoms with van der Waals surface area (Å²) in [6.07, 6.45) is -0.678. The Bertz CT molecular complexity index is 867. The molecule has 0 fully saturated rings. The van der Waals surface area contributed by atoms with Crippen LogP contribution in [0, 0.1) is 6.92 Å². The minimum absolute atomic E-state index is 0.0850. The van der Waals surface area contributed by atoms with Crippen molar-refractivity contribution in [3.05, 3.63) is 53.1 Å². The number of rotatable bonds is 6. The van der Waals surface area contributed by atoms with Gasteiger partial charge in [0.05, 0.1) is 10.6 Å². The van der Waals surface area contributed by atoms with Gasteiger partial charge >= 0.3 is 0 Å². The molecule has 8 heteroatoms. The number of nitrogens with one attached hydrogen (secondary N) is 2. The van der Waals surface area contributed by atoms with Crippen molar-refractivity contribution in [1.29, 1.82) is 0 Å². The van der Waals surface area contributed by atoms with Crippen LogP contribution < -0.4 is 14.8 Å². The second kappa shape index (κ2) is 7.76. The maximum absolute atomic E-state index is 12.5. The van der Waals surface area contributed by atoms with E-state index in [0.717, 1.165) is 5.56 Å². The van der Waals surface area contributed by atoms with Gasteiger partial charge in [0, 0.05) is 12.1 Å². The van der Waals surface area contributed by atoms with E-state index in [4.69, 9.17) is 16.3 Å². The zero-order valence-electron chi connectivity index (χ0n) is 14.0. The fourth-order valence-corrected chi connectivity index (χ4v) is 3.46. The molecule has 0 aliphatic rings. The summed E-state index contributed by atoms with van der Waals surface area (Å²) in [4.78, 5) is 11.5. The molecule has 25 heavy (non-hydrogen) atoms. The first-order chi connectivity index (χ1) is 11.7. The van der Waals surface area contributed by atoms with Gasteiger partial charge < -0.3 is 10.1 Å². The number of halogens is 1. The Balaban J connectivity index is 2.16. The van der Waals surface area contributed by atoms with Crippen LogP contribution in [0.2, 0.25) is 5.02 Å². The van der Waals surface area contributed by atoms with Gasteiger partial charge in [-0.1, -0.05) is 11.6 Å². The lowest BCUT2D eigenvalue weighted by molar-refractivity contribution is -0.126. The number of likely N-dealkylation sites (N-methyl/N-ethyl adjacent to an activating group) is 1. The molecule has 0 saturated carbocycles. The number of amides is 1. The summed E-state index contributed by atoms with van der Waals surface area (Å²) in [5, 5.41) is 3.01. The van der Waals surface area contributed by atoms with Gasteiger partial charge in [-0.05, 0) is 61.9 Å². The number of carbonyl (C=O) groups excluding carboxylic acids is 1. The molecule has 2 N–H and O–H groups in total. The Hall–Kier alpha value is -2.25. The van der Waals surface area contributed by atoms with Crippen LogP contribution in [-0.4, -0.2) is 27.5 Å². The van der Waals surface area contributed by atoms with Gasteiger partial charge in [-0.15, -0.1) is 0 Å². The van der Waals surface area contributed by atoms with Gasteiger partial charge in [0.1, 0.15) is 5.75 Å². The smallest absolute Gasteiger partial charge is 0.261 e. The quantitative estimate of drug-likeness (QED) is 0.804. The Kier molecular flexibility index (Phi) is 5.92. The van der Waals surface area contributed by atoms with Crippen molar-refractivity contribution < 1.29 is 17.9 Å². The second-order valence-electron chi connectivity index (χ2n) is 5.41. The van der Waals surface area contributed by atoms with Crippen LogP contribution in [-0.2, 0) is 14.8 Å². The van der Waals surface area contributed by atoms with Crippen LogP contribution in [0.1, 0.15) is 12.5 Å². The van der Waals surface area contributed by atoms with Crippen molar-refractivity contribution in [2.45, 2.75) is 24.8 Å². The van der Waals surface area contributed by atoms with Crippen LogP contribution in [0.4, 0.5) is 5.69 Å². The zero-order valence-corrected chi connectivity index (χ0v) is 15.6. The number of aryl methyl sites for hydroxylation is 1. The highest BCUT2D eigenvalue weighted by Gasteiger charge is 2.17. The highest BCUT2D eigenvalue weighted by molar-refractivity contribution is 7.92. The van der Waals surface area contributed by atoms with Gasteiger partial charge in [-0.3, -0.25) is 9.52 Å². The van der Waals surface area contributed by atoms with Crippen LogP contribution >= 0.6 is 11.6 Å². The van der Waals surface area contributed by atoms with Crippen molar-refractivity contribution in [1.82, 2.24) is 5.32 Å². The lowest BCUT2D eigenvalue weighted by Crippen LogP contribution is -2.33. The molecule has 134 valence electrons. The average Bonchev–Trinajstić information content (AvgIpc) is 2.57. The first-order valence-electron chi connectivity index (χ1n) is 7.50. The molecule has 0 aliphatic heterocycles. The van der Waals surface area contributed by atoms with Crippen molar-refractivity contribution in [3.8, 4) is 5.75 Å².